The smallest absolute Gasteiger partial charge is 0.407 e. The highest BCUT2D eigenvalue weighted by atomic mass is 16.6. The Morgan fingerprint density at radius 3 is 2.27 bits per heavy atom. The van der Waals surface area contributed by atoms with Gasteiger partial charge in [0.1, 0.15) is 23.0 Å². The van der Waals surface area contributed by atoms with Gasteiger partial charge in [-0.25, -0.2) is 14.8 Å². The minimum Gasteiger partial charge on any atom is -0.494 e. The van der Waals surface area contributed by atoms with Gasteiger partial charge in [0, 0.05) is 62.5 Å². The van der Waals surface area contributed by atoms with Crippen LogP contribution in [-0.2, 0) is 9.53 Å². The normalized spacial score (nSPS) is 13.9. The molecular formula is C37H46N8O4. The molecule has 0 radical (unpaired) electrons. The maximum atomic E-state index is 12.1. The van der Waals surface area contributed by atoms with Gasteiger partial charge in [-0.15, -0.1) is 0 Å². The molecule has 3 aromatic carbocycles. The van der Waals surface area contributed by atoms with E-state index in [0.717, 1.165) is 83.2 Å². The first-order chi connectivity index (χ1) is 23.6. The fourth-order valence-corrected chi connectivity index (χ4v) is 5.74. The number of hydrogen-bond donors (Lipinski definition) is 4. The Bertz CT molecular complexity index is 1880. The van der Waals surface area contributed by atoms with Crippen LogP contribution < -0.4 is 20.3 Å². The largest absolute Gasteiger partial charge is 0.494 e. The molecule has 0 saturated carbocycles. The Morgan fingerprint density at radius 2 is 1.49 bits per heavy atom. The molecule has 4 N–H and O–H groups in total. The van der Waals surface area contributed by atoms with E-state index in [1.54, 1.807) is 20.8 Å². The van der Waals surface area contributed by atoms with Gasteiger partial charge in [-0.3, -0.25) is 4.79 Å². The first kappa shape index (κ1) is 33.8. The third-order valence-corrected chi connectivity index (χ3v) is 8.40. The molecule has 0 atom stereocenters. The van der Waals surface area contributed by atoms with E-state index in [-0.39, 0.29) is 5.91 Å². The van der Waals surface area contributed by atoms with E-state index in [9.17, 15) is 9.59 Å². The summed E-state index contributed by atoms with van der Waals surface area (Å²) in [6.45, 7) is 10.8. The number of imidazole rings is 2. The summed E-state index contributed by atoms with van der Waals surface area (Å²) in [4.78, 5) is 45.2. The van der Waals surface area contributed by atoms with Gasteiger partial charge in [0.25, 0.3) is 0 Å². The molecule has 0 bridgehead atoms. The number of ether oxygens (including phenoxy) is 2. The highest BCUT2D eigenvalue weighted by molar-refractivity contribution is 5.87. The van der Waals surface area contributed by atoms with E-state index in [1.165, 1.54) is 5.69 Å². The van der Waals surface area contributed by atoms with Gasteiger partial charge in [0.15, 0.2) is 0 Å². The zero-order valence-electron chi connectivity index (χ0n) is 28.8. The summed E-state index contributed by atoms with van der Waals surface area (Å²) in [6, 6.07) is 20.5. The number of aromatic nitrogens is 4. The Balaban J connectivity index is 0.964. The standard InChI is InChI=1S/C37H46N8O4/c1-37(2,3)49-36(47)39-17-16-38-33(46)7-5-6-22-48-28-12-8-25(9-13-28)34-40-29-14-10-26(23-31(29)42-34)35-41-30-15-11-27(24-32(30)43-35)45-20-18-44(4)19-21-45/h8-15,23-24H,5-7,16-22H2,1-4H3,(H,38,46)(H,39,47)(H,40,42)(H,41,43). The number of nitrogens with zero attached hydrogens (tertiary/aromatic N) is 4. The molecule has 6 rings (SSSR count). The maximum absolute atomic E-state index is 12.1. The zero-order valence-corrected chi connectivity index (χ0v) is 28.8. The van der Waals surface area contributed by atoms with Gasteiger partial charge in [0.2, 0.25) is 5.91 Å². The van der Waals surface area contributed by atoms with Crippen molar-refractivity contribution in [3.8, 4) is 28.5 Å². The Kier molecular flexibility index (Phi) is 10.3. The maximum Gasteiger partial charge on any atom is 0.407 e. The van der Waals surface area contributed by atoms with Crippen molar-refractivity contribution in [2.24, 2.45) is 0 Å². The van der Waals surface area contributed by atoms with Gasteiger partial charge in [-0.05, 0) is 101 Å². The van der Waals surface area contributed by atoms with Crippen LogP contribution in [0.1, 0.15) is 40.0 Å². The van der Waals surface area contributed by atoms with E-state index >= 15 is 0 Å². The molecule has 0 unspecified atom stereocenters. The summed E-state index contributed by atoms with van der Waals surface area (Å²) < 4.78 is 11.1. The molecule has 2 amide bonds. The molecule has 49 heavy (non-hydrogen) atoms. The summed E-state index contributed by atoms with van der Waals surface area (Å²) >= 11 is 0. The average Bonchev–Trinajstić information content (AvgIpc) is 3.70. The first-order valence-corrected chi connectivity index (χ1v) is 17.0. The average molecular weight is 667 g/mol. The molecule has 0 aliphatic carbocycles. The van der Waals surface area contributed by atoms with Crippen LogP contribution >= 0.6 is 0 Å². The number of H-pyrrole nitrogens is 2. The number of benzene rings is 3. The minimum absolute atomic E-state index is 0.0545. The van der Waals surface area contributed by atoms with Crippen molar-refractivity contribution in [3.05, 3.63) is 60.7 Å². The lowest BCUT2D eigenvalue weighted by Gasteiger charge is -2.34. The highest BCUT2D eigenvalue weighted by Gasteiger charge is 2.17. The molecule has 1 saturated heterocycles. The van der Waals surface area contributed by atoms with Gasteiger partial charge in [-0.2, -0.15) is 0 Å². The number of nitrogens with one attached hydrogen (secondary N) is 4. The quantitative estimate of drug-likeness (QED) is 0.124. The fourth-order valence-electron chi connectivity index (χ4n) is 5.74. The highest BCUT2D eigenvalue weighted by Crippen LogP contribution is 2.29. The Morgan fingerprint density at radius 1 is 0.796 bits per heavy atom. The fraction of sp³-hybridized carbons (Fsp3) is 0.405. The molecule has 5 aromatic rings. The van der Waals surface area contributed by atoms with Gasteiger partial charge in [-0.1, -0.05) is 0 Å². The van der Waals surface area contributed by atoms with Crippen molar-refractivity contribution in [3.63, 3.8) is 0 Å². The number of carbonyl (C=O) groups excluding carboxylic acids is 2. The molecule has 258 valence electrons. The van der Waals surface area contributed by atoms with Crippen molar-refractivity contribution in [1.29, 1.82) is 0 Å². The van der Waals surface area contributed by atoms with Crippen LogP contribution in [0, 0.1) is 0 Å². The van der Waals surface area contributed by atoms with Crippen LogP contribution in [0.5, 0.6) is 5.75 Å². The van der Waals surface area contributed by atoms with Crippen molar-refractivity contribution in [2.75, 3.05) is 57.8 Å². The van der Waals surface area contributed by atoms with E-state index in [0.29, 0.717) is 32.5 Å². The molecule has 1 aliphatic heterocycles. The van der Waals surface area contributed by atoms with Crippen molar-refractivity contribution in [1.82, 2.24) is 35.5 Å². The van der Waals surface area contributed by atoms with Crippen LogP contribution in [0.4, 0.5) is 10.5 Å². The number of rotatable bonds is 12. The summed E-state index contributed by atoms with van der Waals surface area (Å²) in [5.74, 6) is 2.33. The van der Waals surface area contributed by atoms with E-state index in [1.807, 2.05) is 30.3 Å². The number of unbranched alkanes of at least 4 members (excludes halogenated alkanes) is 1. The van der Waals surface area contributed by atoms with Gasteiger partial charge in [0.05, 0.1) is 28.7 Å². The third-order valence-electron chi connectivity index (χ3n) is 8.40. The van der Waals surface area contributed by atoms with Crippen LogP contribution in [0.25, 0.3) is 44.8 Å². The number of carbonyl (C=O) groups is 2. The van der Waals surface area contributed by atoms with Crippen molar-refractivity contribution >= 4 is 39.8 Å². The summed E-state index contributed by atoms with van der Waals surface area (Å²) in [6.07, 6.45) is 1.36. The summed E-state index contributed by atoms with van der Waals surface area (Å²) in [5, 5.41) is 5.43. The number of anilines is 1. The third kappa shape index (κ3) is 9.08. The topological polar surface area (TPSA) is 140 Å². The number of fused-ring (bicyclic) bond motifs is 2. The van der Waals surface area contributed by atoms with Crippen LogP contribution in [0.3, 0.4) is 0 Å². The monoisotopic (exact) mass is 666 g/mol. The molecule has 12 heteroatoms. The number of likely N-dealkylation sites (N-methyl/N-ethyl adjacent to an activating group) is 1. The SMILES string of the molecule is CN1CCN(c2ccc3[nH]c(-c4ccc5nc(-c6ccc(OCCCCC(=O)NCCNC(=O)OC(C)(C)C)cc6)[nH]c5c4)nc3c2)CC1. The van der Waals surface area contributed by atoms with E-state index < -0.39 is 11.7 Å². The lowest BCUT2D eigenvalue weighted by molar-refractivity contribution is -0.121. The predicted molar refractivity (Wildman–Crippen MR) is 193 cm³/mol. The van der Waals surface area contributed by atoms with Gasteiger partial charge >= 0.3 is 6.09 Å². The second-order valence-corrected chi connectivity index (χ2v) is 13.5. The number of alkyl carbamates (subject to hydrolysis) is 1. The lowest BCUT2D eigenvalue weighted by atomic mass is 10.2. The molecule has 1 aliphatic rings. The molecular weight excluding hydrogens is 620 g/mol. The van der Waals surface area contributed by atoms with Gasteiger partial charge < -0.3 is 39.9 Å². The van der Waals surface area contributed by atoms with E-state index in [4.69, 9.17) is 19.4 Å². The Labute approximate surface area is 286 Å². The zero-order chi connectivity index (χ0) is 34.4. The second-order valence-electron chi connectivity index (χ2n) is 13.5. The number of hydrogen-bond acceptors (Lipinski definition) is 8. The van der Waals surface area contributed by atoms with Crippen LogP contribution in [0.15, 0.2) is 60.7 Å². The molecule has 12 nitrogen and oxygen atoms in total. The number of piperazine rings is 1. The first-order valence-electron chi connectivity index (χ1n) is 17.0. The lowest BCUT2D eigenvalue weighted by Crippen LogP contribution is -2.44. The molecule has 1 fully saturated rings. The number of amides is 2. The predicted octanol–water partition coefficient (Wildman–Crippen LogP) is 5.72. The molecule has 0 spiro atoms. The number of aromatic amines is 2. The Hall–Kier alpha value is -5.10. The van der Waals surface area contributed by atoms with E-state index in [2.05, 4.69) is 67.8 Å². The second kappa shape index (κ2) is 15.0. The molecule has 2 aromatic heterocycles. The van der Waals surface area contributed by atoms with Crippen molar-refractivity contribution in [2.45, 2.75) is 45.6 Å². The van der Waals surface area contributed by atoms with Crippen molar-refractivity contribution < 1.29 is 19.1 Å². The van der Waals surface area contributed by atoms with Crippen LogP contribution in [0.2, 0.25) is 0 Å². The summed E-state index contributed by atoms with van der Waals surface area (Å²) in [7, 11) is 2.17. The molecule has 3 heterocycles. The minimum atomic E-state index is -0.550. The van der Waals surface area contributed by atoms with Crippen LogP contribution in [-0.4, -0.2) is 95.4 Å². The summed E-state index contributed by atoms with van der Waals surface area (Å²) in [5.41, 5.74) is 6.43.